The molecule has 9 heteroatoms. The van der Waals surface area contributed by atoms with Crippen LogP contribution in [0.3, 0.4) is 0 Å². The zero-order valence-corrected chi connectivity index (χ0v) is 51.1. The van der Waals surface area contributed by atoms with Crippen molar-refractivity contribution in [2.45, 2.75) is 366 Å². The molecule has 0 aliphatic carbocycles. The van der Waals surface area contributed by atoms with Gasteiger partial charge in [-0.05, 0) is 12.8 Å². The summed E-state index contributed by atoms with van der Waals surface area (Å²) in [6, 6.07) is -0.754. The van der Waals surface area contributed by atoms with Crippen LogP contribution in [0.5, 0.6) is 0 Å². The molecule has 73 heavy (non-hydrogen) atoms. The molecule has 0 aromatic rings. The zero-order chi connectivity index (χ0) is 53.5. The lowest BCUT2D eigenvalue weighted by molar-refractivity contribution is -0.870. The van der Waals surface area contributed by atoms with E-state index in [1.165, 1.54) is 289 Å². The van der Waals surface area contributed by atoms with E-state index in [1.54, 1.807) is 0 Å². The normalized spacial score (nSPS) is 13.7. The van der Waals surface area contributed by atoms with E-state index in [1.807, 2.05) is 21.1 Å². The molecule has 0 aliphatic rings. The van der Waals surface area contributed by atoms with Crippen molar-refractivity contribution >= 4 is 13.7 Å². The van der Waals surface area contributed by atoms with E-state index in [4.69, 9.17) is 9.05 Å². The number of rotatable bonds is 62. The van der Waals surface area contributed by atoms with E-state index >= 15 is 0 Å². The second-order valence-electron chi connectivity index (χ2n) is 24.2. The van der Waals surface area contributed by atoms with Gasteiger partial charge < -0.3 is 19.8 Å². The minimum absolute atomic E-state index is 0.0788. The summed E-state index contributed by atoms with van der Waals surface area (Å²) < 4.78 is 23.7. The van der Waals surface area contributed by atoms with Gasteiger partial charge in [-0.15, -0.1) is 0 Å². The van der Waals surface area contributed by atoms with E-state index < -0.39 is 20.0 Å². The lowest BCUT2D eigenvalue weighted by Gasteiger charge is -2.26. The highest BCUT2D eigenvalue weighted by atomic mass is 31.2. The molecule has 0 bridgehead atoms. The fourth-order valence-corrected chi connectivity index (χ4v) is 11.2. The molecule has 0 heterocycles. The number of carbonyl (C=O) groups excluding carboxylic acids is 1. The summed E-state index contributed by atoms with van der Waals surface area (Å²) >= 11 is 0. The summed E-state index contributed by atoms with van der Waals surface area (Å²) in [5.74, 6) is -0.137. The van der Waals surface area contributed by atoms with Crippen molar-refractivity contribution in [1.29, 1.82) is 0 Å². The van der Waals surface area contributed by atoms with Crippen LogP contribution in [-0.2, 0) is 18.4 Å². The van der Waals surface area contributed by atoms with Crippen LogP contribution < -0.4 is 5.32 Å². The Hall–Kier alpha value is -0.500. The number of phosphoric acid groups is 1. The van der Waals surface area contributed by atoms with Crippen molar-refractivity contribution in [3.63, 3.8) is 0 Å². The average molecular weight is 1060 g/mol. The Kier molecular flexibility index (Phi) is 55.8. The fourth-order valence-electron chi connectivity index (χ4n) is 10.5. The third kappa shape index (κ3) is 59.0. The number of aliphatic hydroxyl groups is 1. The highest BCUT2D eigenvalue weighted by Gasteiger charge is 2.28. The molecule has 0 saturated carbocycles. The second-order valence-corrected chi connectivity index (χ2v) is 25.7. The lowest BCUT2D eigenvalue weighted by atomic mass is 10.0. The van der Waals surface area contributed by atoms with Gasteiger partial charge in [0.1, 0.15) is 13.2 Å². The maximum absolute atomic E-state index is 13.0. The lowest BCUT2D eigenvalue weighted by Crippen LogP contribution is -2.46. The molecule has 8 nitrogen and oxygen atoms in total. The van der Waals surface area contributed by atoms with Crippen LogP contribution in [0.1, 0.15) is 354 Å². The van der Waals surface area contributed by atoms with Gasteiger partial charge >= 0.3 is 7.82 Å². The zero-order valence-electron chi connectivity index (χ0n) is 50.2. The van der Waals surface area contributed by atoms with Gasteiger partial charge in [0.25, 0.3) is 0 Å². The summed E-state index contributed by atoms with van der Waals surface area (Å²) in [4.78, 5) is 23.3. The number of nitrogens with zero attached hydrogens (tertiary/aromatic N) is 1. The van der Waals surface area contributed by atoms with Gasteiger partial charge in [-0.25, -0.2) is 4.57 Å². The highest BCUT2D eigenvalue weighted by Crippen LogP contribution is 2.43. The highest BCUT2D eigenvalue weighted by molar-refractivity contribution is 7.47. The number of amides is 1. The Morgan fingerprint density at radius 1 is 0.411 bits per heavy atom. The van der Waals surface area contributed by atoms with Gasteiger partial charge in [0.2, 0.25) is 5.91 Å². The first-order valence-corrected chi connectivity index (χ1v) is 34.4. The predicted octanol–water partition coefficient (Wildman–Crippen LogP) is 20.4. The van der Waals surface area contributed by atoms with Crippen LogP contribution in [0.4, 0.5) is 0 Å². The predicted molar refractivity (Wildman–Crippen MR) is 319 cm³/mol. The van der Waals surface area contributed by atoms with Crippen molar-refractivity contribution in [2.75, 3.05) is 40.9 Å². The van der Waals surface area contributed by atoms with Gasteiger partial charge in [0.05, 0.1) is 39.9 Å². The molecular formula is C64H132N2O6P+. The standard InChI is InChI=1S/C64H131N2O6P/c1-6-8-10-12-14-16-18-19-20-21-22-23-24-25-26-27-28-29-30-31-32-33-34-35-36-37-38-39-40-41-42-43-44-45-46-48-50-52-54-56-58-64(68)65-62(61-72-73(69,70)71-60-59-66(3,4)5)63(67)57-55-53-51-49-47-17-15-13-11-9-7-2/h62-63,67H,6-61H2,1-5H3,(H-,65,68,69,70)/p+1. The van der Waals surface area contributed by atoms with Crippen LogP contribution in [0.15, 0.2) is 0 Å². The molecule has 0 fully saturated rings. The SMILES string of the molecule is CCCCCCCCCCCCCCCCCCCCCCCCCCCCCCCCCCCCCCCCCCC(=O)NC(COP(=O)(O)OCC[N+](C)(C)C)C(O)CCCCCCCCCCCCC. The third-order valence-electron chi connectivity index (χ3n) is 15.6. The minimum atomic E-state index is -4.31. The maximum atomic E-state index is 13.0. The summed E-state index contributed by atoms with van der Waals surface area (Å²) in [6.07, 6.45) is 69.4. The molecule has 438 valence electrons. The second kappa shape index (κ2) is 56.2. The van der Waals surface area contributed by atoms with Crippen molar-refractivity contribution < 1.29 is 32.9 Å². The van der Waals surface area contributed by atoms with E-state index in [9.17, 15) is 19.4 Å². The van der Waals surface area contributed by atoms with Crippen LogP contribution in [0, 0.1) is 0 Å². The van der Waals surface area contributed by atoms with Gasteiger partial charge in [-0.1, -0.05) is 335 Å². The summed E-state index contributed by atoms with van der Waals surface area (Å²) in [6.45, 7) is 4.93. The molecule has 0 saturated heterocycles. The van der Waals surface area contributed by atoms with Crippen LogP contribution in [0.2, 0.25) is 0 Å². The molecule has 3 N–H and O–H groups in total. The first-order chi connectivity index (χ1) is 35.5. The van der Waals surface area contributed by atoms with E-state index in [2.05, 4.69) is 19.2 Å². The molecule has 0 radical (unpaired) electrons. The van der Waals surface area contributed by atoms with Crippen LogP contribution in [0.25, 0.3) is 0 Å². The number of aliphatic hydroxyl groups excluding tert-OH is 1. The number of nitrogens with one attached hydrogen (secondary N) is 1. The summed E-state index contributed by atoms with van der Waals surface area (Å²) in [5.41, 5.74) is 0. The number of carbonyl (C=O) groups is 1. The number of quaternary nitrogens is 1. The van der Waals surface area contributed by atoms with Crippen molar-refractivity contribution in [3.05, 3.63) is 0 Å². The van der Waals surface area contributed by atoms with Gasteiger partial charge in [0, 0.05) is 6.42 Å². The minimum Gasteiger partial charge on any atom is -0.391 e. The van der Waals surface area contributed by atoms with Crippen LogP contribution >= 0.6 is 7.82 Å². The number of hydrogen-bond acceptors (Lipinski definition) is 5. The molecule has 0 spiro atoms. The molecule has 3 unspecified atom stereocenters. The molecule has 0 aromatic carbocycles. The van der Waals surface area contributed by atoms with Gasteiger partial charge in [-0.2, -0.15) is 0 Å². The summed E-state index contributed by atoms with van der Waals surface area (Å²) in [5, 5.41) is 14.0. The van der Waals surface area contributed by atoms with Crippen molar-refractivity contribution in [1.82, 2.24) is 5.32 Å². The Balaban J connectivity index is 3.74. The van der Waals surface area contributed by atoms with Crippen molar-refractivity contribution in [3.8, 4) is 0 Å². The van der Waals surface area contributed by atoms with Crippen LogP contribution in [-0.4, -0.2) is 73.4 Å². The number of likely N-dealkylation sites (N-methyl/N-ethyl adjacent to an activating group) is 1. The summed E-state index contributed by atoms with van der Waals surface area (Å²) in [7, 11) is 1.64. The quantitative estimate of drug-likeness (QED) is 0.0318. The average Bonchev–Trinajstić information content (AvgIpc) is 3.35. The fraction of sp³-hybridized carbons (Fsp3) is 0.984. The van der Waals surface area contributed by atoms with E-state index in [-0.39, 0.29) is 19.1 Å². The van der Waals surface area contributed by atoms with Gasteiger partial charge in [-0.3, -0.25) is 13.8 Å². The first kappa shape index (κ1) is 72.5. The number of unbranched alkanes of at least 4 members (excludes halogenated alkanes) is 49. The van der Waals surface area contributed by atoms with E-state index in [0.717, 1.165) is 38.5 Å². The molecule has 3 atom stereocenters. The Morgan fingerprint density at radius 2 is 0.658 bits per heavy atom. The number of phosphoric ester groups is 1. The van der Waals surface area contributed by atoms with Gasteiger partial charge in [0.15, 0.2) is 0 Å². The molecule has 0 aliphatic heterocycles. The monoisotopic (exact) mass is 1060 g/mol. The molecule has 1 amide bonds. The number of hydrogen-bond donors (Lipinski definition) is 3. The molecule has 0 aromatic heterocycles. The Labute approximate surface area is 457 Å². The smallest absolute Gasteiger partial charge is 0.391 e. The molecular weight excluding hydrogens is 924 g/mol. The largest absolute Gasteiger partial charge is 0.472 e. The van der Waals surface area contributed by atoms with Crippen molar-refractivity contribution in [2.24, 2.45) is 0 Å². The first-order valence-electron chi connectivity index (χ1n) is 32.9. The maximum Gasteiger partial charge on any atom is 0.472 e. The van der Waals surface area contributed by atoms with E-state index in [0.29, 0.717) is 23.9 Å². The molecule has 0 rings (SSSR count). The topological polar surface area (TPSA) is 105 Å². The Morgan fingerprint density at radius 3 is 0.918 bits per heavy atom. The Bertz CT molecular complexity index is 1150. The third-order valence-corrected chi connectivity index (χ3v) is 16.6.